The number of ketones is 2. The molecule has 3 aromatic rings. The van der Waals surface area contributed by atoms with Gasteiger partial charge in [-0.25, -0.2) is 10.3 Å². The van der Waals surface area contributed by atoms with Crippen molar-refractivity contribution >= 4 is 52.3 Å². The summed E-state index contributed by atoms with van der Waals surface area (Å²) in [6, 6.07) is 7.57. The molecular formula is C43H43ClN4O15. The molecule has 2 saturated heterocycles. The van der Waals surface area contributed by atoms with Crippen molar-refractivity contribution in [2.45, 2.75) is 68.7 Å². The lowest BCUT2D eigenvalue weighted by Gasteiger charge is -2.47. The van der Waals surface area contributed by atoms with E-state index in [1.807, 2.05) is 4.90 Å². The minimum absolute atomic E-state index is 0.0546. The minimum atomic E-state index is -2.28. The van der Waals surface area contributed by atoms with Crippen molar-refractivity contribution in [2.24, 2.45) is 5.10 Å². The number of rotatable bonds is 10. The summed E-state index contributed by atoms with van der Waals surface area (Å²) in [6.07, 6.45) is -3.85. The number of nitrogens with one attached hydrogen (secondary N) is 1. The third-order valence-corrected chi connectivity index (χ3v) is 12.4. The molecule has 63 heavy (non-hydrogen) atoms. The van der Waals surface area contributed by atoms with Crippen LogP contribution in [0.2, 0.25) is 5.02 Å². The van der Waals surface area contributed by atoms with Crippen LogP contribution >= 0.6 is 11.6 Å². The van der Waals surface area contributed by atoms with E-state index < -0.39 is 120 Å². The second-order valence-corrected chi connectivity index (χ2v) is 16.1. The van der Waals surface area contributed by atoms with E-state index in [0.29, 0.717) is 19.7 Å². The van der Waals surface area contributed by atoms with Gasteiger partial charge in [0.05, 0.1) is 77.3 Å². The summed E-state index contributed by atoms with van der Waals surface area (Å²) in [7, 11) is 2.81. The molecular weight excluding hydrogens is 848 g/mol. The number of amides is 3. The van der Waals surface area contributed by atoms with Gasteiger partial charge in [0, 0.05) is 74.3 Å². The molecule has 7 atom stereocenters. The number of aliphatic hydroxyl groups excluding tert-OH is 2. The molecule has 0 aromatic heterocycles. The number of hydrogen-bond acceptors (Lipinski definition) is 17. The Morgan fingerprint density at radius 1 is 1.02 bits per heavy atom. The van der Waals surface area contributed by atoms with Crippen LogP contribution < -0.4 is 15.1 Å². The van der Waals surface area contributed by atoms with Crippen molar-refractivity contribution in [3.05, 3.63) is 92.5 Å². The number of hydrazone groups is 1. The highest BCUT2D eigenvalue weighted by Gasteiger charge is 2.50. The van der Waals surface area contributed by atoms with E-state index in [0.717, 1.165) is 17.1 Å². The number of ether oxygens (including phenoxy) is 5. The number of aliphatic hydroxyl groups is 3. The summed E-state index contributed by atoms with van der Waals surface area (Å²) in [6.45, 7) is 1.76. The number of fused-ring (bicyclic) bond motifs is 3. The summed E-state index contributed by atoms with van der Waals surface area (Å²) in [5.74, 6) is -5.16. The quantitative estimate of drug-likeness (QED) is 0.0572. The highest BCUT2D eigenvalue weighted by atomic mass is 35.5. The predicted molar refractivity (Wildman–Crippen MR) is 219 cm³/mol. The number of anilines is 1. The van der Waals surface area contributed by atoms with E-state index in [2.05, 4.69) is 10.5 Å². The highest BCUT2D eigenvalue weighted by molar-refractivity contribution is 6.35. The number of morpholine rings is 1. The number of nitrogens with zero attached hydrogens (tertiary/aromatic N) is 3. The molecule has 5 aliphatic rings. The average Bonchev–Trinajstić information content (AvgIpc) is 3.61. The van der Waals surface area contributed by atoms with Crippen LogP contribution in [0.3, 0.4) is 0 Å². The van der Waals surface area contributed by atoms with E-state index in [1.165, 1.54) is 50.6 Å². The number of benzene rings is 3. The van der Waals surface area contributed by atoms with Crippen molar-refractivity contribution in [3.63, 3.8) is 0 Å². The molecule has 0 saturated carbocycles. The number of phenolic OH excluding ortho intramolecular Hbond substituents is 2. The number of methoxy groups -OCH3 is 2. The Morgan fingerprint density at radius 3 is 2.43 bits per heavy atom. The number of hydrogen-bond donors (Lipinski definition) is 6. The number of carbonyl (C=O) groups excluding carboxylic acids is 5. The Kier molecular flexibility index (Phi) is 12.0. The lowest BCUT2D eigenvalue weighted by atomic mass is 9.71. The molecule has 8 rings (SSSR count). The first kappa shape index (κ1) is 44.0. The SMILES string of the molecule is COc1cccc2c1C(=O)c1c(O)c3c(c(O)c1C2=O)C[C@@](O)(/C(CO)=N/NC(=O)c1ccc(N2C(=O)C=CC2=O)cc1Cl)C[C@@H]3O[C@H]1CC(N2CCO[C@H](OC)C2)[C@H](O)[C@H](C)O1. The monoisotopic (exact) mass is 890 g/mol. The fourth-order valence-electron chi connectivity index (χ4n) is 8.94. The first-order valence-corrected chi connectivity index (χ1v) is 20.3. The number of carbonyl (C=O) groups is 5. The lowest BCUT2D eigenvalue weighted by Crippen LogP contribution is -2.59. The molecule has 3 amide bonds. The number of phenols is 2. The van der Waals surface area contributed by atoms with Crippen LogP contribution in [0.5, 0.6) is 17.2 Å². The van der Waals surface area contributed by atoms with Gasteiger partial charge >= 0.3 is 0 Å². The molecule has 0 spiro atoms. The number of imide groups is 1. The van der Waals surface area contributed by atoms with Crippen LogP contribution in [-0.4, -0.2) is 142 Å². The number of aromatic hydroxyl groups is 2. The van der Waals surface area contributed by atoms with Crippen molar-refractivity contribution in [1.29, 1.82) is 0 Å². The normalized spacial score (nSPS) is 27.3. The maximum atomic E-state index is 14.2. The third kappa shape index (κ3) is 7.68. The fourth-order valence-corrected chi connectivity index (χ4v) is 9.20. The van der Waals surface area contributed by atoms with Crippen molar-refractivity contribution in [1.82, 2.24) is 10.3 Å². The van der Waals surface area contributed by atoms with Crippen LogP contribution in [0.4, 0.5) is 5.69 Å². The Morgan fingerprint density at radius 2 is 1.75 bits per heavy atom. The van der Waals surface area contributed by atoms with Gasteiger partial charge in [-0.15, -0.1) is 0 Å². The molecule has 3 heterocycles. The van der Waals surface area contributed by atoms with Gasteiger partial charge in [-0.1, -0.05) is 23.7 Å². The van der Waals surface area contributed by atoms with E-state index in [9.17, 15) is 49.5 Å². The van der Waals surface area contributed by atoms with Crippen LogP contribution in [0.25, 0.3) is 0 Å². The zero-order valence-corrected chi connectivity index (χ0v) is 34.8. The van der Waals surface area contributed by atoms with Gasteiger partial charge in [-0.2, -0.15) is 5.10 Å². The van der Waals surface area contributed by atoms with Gasteiger partial charge in [0.25, 0.3) is 17.7 Å². The zero-order chi connectivity index (χ0) is 45.1. The fraction of sp³-hybridized carbons (Fsp3) is 0.395. The Bertz CT molecular complexity index is 2480. The molecule has 3 aliphatic heterocycles. The molecule has 1 unspecified atom stereocenters. The minimum Gasteiger partial charge on any atom is -0.507 e. The van der Waals surface area contributed by atoms with Gasteiger partial charge in [0.1, 0.15) is 22.8 Å². The maximum Gasteiger partial charge on any atom is 0.272 e. The van der Waals surface area contributed by atoms with Crippen LogP contribution in [0.1, 0.15) is 79.2 Å². The summed E-state index contributed by atoms with van der Waals surface area (Å²) in [4.78, 5) is 68.9. The van der Waals surface area contributed by atoms with Crippen LogP contribution in [0.15, 0.2) is 53.7 Å². The van der Waals surface area contributed by atoms with E-state index in [1.54, 1.807) is 6.92 Å². The lowest BCUT2D eigenvalue weighted by molar-refractivity contribution is -0.265. The zero-order valence-electron chi connectivity index (χ0n) is 34.1. The second kappa shape index (κ2) is 17.2. The molecule has 20 heteroatoms. The van der Waals surface area contributed by atoms with Crippen molar-refractivity contribution in [3.8, 4) is 17.2 Å². The van der Waals surface area contributed by atoms with E-state index in [4.69, 9.17) is 35.3 Å². The van der Waals surface area contributed by atoms with Crippen molar-refractivity contribution in [2.75, 3.05) is 45.4 Å². The Labute approximate surface area is 364 Å². The first-order chi connectivity index (χ1) is 30.1. The standard InChI is InChI=1S/C43H43ClN4O15/c1-19-37(52)25(47-11-12-61-32(17-47)60-3)14-31(62-19)63-27-16-43(58,28(18-49)45-46-42(57)21-8-7-20(13-24(21)44)48-29(50)9-10-30(48)51)15-23-34(27)41(56)36-35(39(23)54)38(53)22-5-4-6-26(59-2)33(22)40(36)55/h4-10,13,19,25,27,31-32,37,49,52,54,56,58H,11-12,14-18H2,1-3H3,(H,46,57)/b45-28+/t19-,25?,27-,31-,32-,37+,43-/m0/s1. The number of halogens is 1. The van der Waals surface area contributed by atoms with E-state index in [-0.39, 0.29) is 50.7 Å². The van der Waals surface area contributed by atoms with E-state index >= 15 is 0 Å². The van der Waals surface area contributed by atoms with Gasteiger partial charge in [0.2, 0.25) is 5.78 Å². The van der Waals surface area contributed by atoms with Gasteiger partial charge in [-0.3, -0.25) is 28.9 Å². The molecule has 0 radical (unpaired) electrons. The summed E-state index contributed by atoms with van der Waals surface area (Å²) in [5.41, 5.74) is -2.18. The van der Waals surface area contributed by atoms with Gasteiger partial charge in [0.15, 0.2) is 18.4 Å². The largest absolute Gasteiger partial charge is 0.507 e. The molecule has 332 valence electrons. The van der Waals surface area contributed by atoms with Gasteiger partial charge in [-0.05, 0) is 31.2 Å². The second-order valence-electron chi connectivity index (χ2n) is 15.7. The van der Waals surface area contributed by atoms with Crippen LogP contribution in [0, 0.1) is 0 Å². The molecule has 0 bridgehead atoms. The topological polar surface area (TPSA) is 264 Å². The Hall–Kier alpha value is -5.61. The van der Waals surface area contributed by atoms with Crippen molar-refractivity contribution < 1.29 is 73.2 Å². The van der Waals surface area contributed by atoms with Gasteiger partial charge < -0.3 is 49.2 Å². The summed E-state index contributed by atoms with van der Waals surface area (Å²) < 4.78 is 29.1. The Balaban J connectivity index is 1.16. The summed E-state index contributed by atoms with van der Waals surface area (Å²) >= 11 is 6.40. The molecule has 19 nitrogen and oxygen atoms in total. The average molecular weight is 891 g/mol. The highest BCUT2D eigenvalue weighted by Crippen LogP contribution is 2.53. The smallest absolute Gasteiger partial charge is 0.272 e. The molecule has 3 aromatic carbocycles. The third-order valence-electron chi connectivity index (χ3n) is 12.1. The summed E-state index contributed by atoms with van der Waals surface area (Å²) in [5, 5.41) is 62.5. The predicted octanol–water partition coefficient (Wildman–Crippen LogP) is 1.65. The maximum absolute atomic E-state index is 14.2. The molecule has 2 aliphatic carbocycles. The first-order valence-electron chi connectivity index (χ1n) is 19.9. The molecule has 6 N–H and O–H groups in total. The van der Waals surface area contributed by atoms with Crippen LogP contribution in [-0.2, 0) is 35.0 Å². The molecule has 2 fully saturated rings.